The molecular formula is C21H20N2O2. The minimum Gasteiger partial charge on any atom is -0.472 e. The molecule has 4 nitrogen and oxygen atoms in total. The van der Waals surface area contributed by atoms with Gasteiger partial charge >= 0.3 is 0 Å². The predicted octanol–water partition coefficient (Wildman–Crippen LogP) is 3.46. The van der Waals surface area contributed by atoms with Gasteiger partial charge in [0.2, 0.25) is 11.8 Å². The van der Waals surface area contributed by atoms with Crippen LogP contribution < -0.4 is 4.74 Å². The molecule has 2 aromatic carbocycles. The average Bonchev–Trinajstić information content (AvgIpc) is 3.11. The van der Waals surface area contributed by atoms with Gasteiger partial charge in [-0.15, -0.1) is 0 Å². The first-order chi connectivity index (χ1) is 12.3. The van der Waals surface area contributed by atoms with Gasteiger partial charge in [0.1, 0.15) is 6.10 Å². The fourth-order valence-electron chi connectivity index (χ4n) is 3.36. The fraction of sp³-hybridized carbons (Fsp3) is 0.238. The first-order valence-electron chi connectivity index (χ1n) is 8.62. The van der Waals surface area contributed by atoms with Crippen LogP contribution in [0.4, 0.5) is 0 Å². The fourth-order valence-corrected chi connectivity index (χ4v) is 3.36. The number of amides is 1. The second-order valence-corrected chi connectivity index (χ2v) is 6.35. The van der Waals surface area contributed by atoms with E-state index in [9.17, 15) is 4.79 Å². The van der Waals surface area contributed by atoms with Crippen molar-refractivity contribution in [3.8, 4) is 5.88 Å². The van der Waals surface area contributed by atoms with Crippen LogP contribution >= 0.6 is 0 Å². The van der Waals surface area contributed by atoms with Crippen LogP contribution in [0.25, 0.3) is 10.8 Å². The topological polar surface area (TPSA) is 42.4 Å². The van der Waals surface area contributed by atoms with Gasteiger partial charge in [-0.2, -0.15) is 0 Å². The second kappa shape index (κ2) is 6.93. The van der Waals surface area contributed by atoms with E-state index in [2.05, 4.69) is 23.2 Å². The number of hydrogen-bond acceptors (Lipinski definition) is 3. The Kier molecular flexibility index (Phi) is 4.34. The summed E-state index contributed by atoms with van der Waals surface area (Å²) in [4.78, 5) is 18.8. The summed E-state index contributed by atoms with van der Waals surface area (Å²) in [5, 5.41) is 2.32. The molecule has 1 fully saturated rings. The van der Waals surface area contributed by atoms with Gasteiger partial charge in [0.25, 0.3) is 0 Å². The largest absolute Gasteiger partial charge is 0.472 e. The van der Waals surface area contributed by atoms with Gasteiger partial charge in [0.15, 0.2) is 0 Å². The van der Waals surface area contributed by atoms with Crippen molar-refractivity contribution in [3.05, 3.63) is 72.4 Å². The zero-order valence-corrected chi connectivity index (χ0v) is 14.0. The highest BCUT2D eigenvalue weighted by Crippen LogP contribution is 2.21. The Balaban J connectivity index is 1.42. The van der Waals surface area contributed by atoms with Crippen LogP contribution in [0.2, 0.25) is 0 Å². The molecule has 1 aromatic heterocycles. The lowest BCUT2D eigenvalue weighted by molar-refractivity contribution is -0.129. The van der Waals surface area contributed by atoms with E-state index in [1.54, 1.807) is 6.20 Å². The monoisotopic (exact) mass is 332 g/mol. The Hall–Kier alpha value is -2.88. The Morgan fingerprint density at radius 2 is 1.92 bits per heavy atom. The van der Waals surface area contributed by atoms with Gasteiger partial charge < -0.3 is 9.64 Å². The standard InChI is InChI=1S/C21H20N2O2/c24-21(14-17-8-5-7-16-6-1-2-9-19(16)17)23-13-11-18(15-23)25-20-10-3-4-12-22-20/h1-10,12,18H,11,13-15H2. The molecule has 1 aliphatic rings. The highest BCUT2D eigenvalue weighted by molar-refractivity contribution is 5.90. The predicted molar refractivity (Wildman–Crippen MR) is 97.5 cm³/mol. The molecule has 0 aliphatic carbocycles. The number of pyridine rings is 1. The molecule has 1 atom stereocenters. The summed E-state index contributed by atoms with van der Waals surface area (Å²) in [6, 6.07) is 19.9. The summed E-state index contributed by atoms with van der Waals surface area (Å²) in [5.74, 6) is 0.777. The Bertz CT molecular complexity index is 874. The van der Waals surface area contributed by atoms with Gasteiger partial charge in [-0.05, 0) is 22.4 Å². The third-order valence-electron chi connectivity index (χ3n) is 4.64. The molecule has 4 rings (SSSR count). The van der Waals surface area contributed by atoms with Crippen molar-refractivity contribution in [3.63, 3.8) is 0 Å². The number of carbonyl (C=O) groups is 1. The number of aromatic nitrogens is 1. The molecule has 0 saturated carbocycles. The van der Waals surface area contributed by atoms with Crippen LogP contribution in [0.1, 0.15) is 12.0 Å². The number of carbonyl (C=O) groups excluding carboxylic acids is 1. The molecule has 2 heterocycles. The van der Waals surface area contributed by atoms with Gasteiger partial charge in [0, 0.05) is 25.2 Å². The number of ether oxygens (including phenoxy) is 1. The Labute approximate surface area is 147 Å². The molecule has 0 spiro atoms. The molecule has 1 unspecified atom stereocenters. The van der Waals surface area contributed by atoms with Crippen molar-refractivity contribution < 1.29 is 9.53 Å². The number of hydrogen-bond donors (Lipinski definition) is 0. The van der Waals surface area contributed by atoms with E-state index >= 15 is 0 Å². The van der Waals surface area contributed by atoms with E-state index in [4.69, 9.17) is 4.74 Å². The highest BCUT2D eigenvalue weighted by Gasteiger charge is 2.28. The summed E-state index contributed by atoms with van der Waals surface area (Å²) in [5.41, 5.74) is 1.08. The molecular weight excluding hydrogens is 312 g/mol. The lowest BCUT2D eigenvalue weighted by Gasteiger charge is -2.17. The van der Waals surface area contributed by atoms with Crippen LogP contribution in [-0.4, -0.2) is 35.0 Å². The van der Waals surface area contributed by atoms with Crippen molar-refractivity contribution in [1.82, 2.24) is 9.88 Å². The van der Waals surface area contributed by atoms with E-state index in [0.717, 1.165) is 23.9 Å². The average molecular weight is 332 g/mol. The van der Waals surface area contributed by atoms with Gasteiger partial charge in [-0.1, -0.05) is 48.5 Å². The molecule has 126 valence electrons. The van der Waals surface area contributed by atoms with Gasteiger partial charge in [-0.3, -0.25) is 4.79 Å². The van der Waals surface area contributed by atoms with Crippen LogP contribution in [0.5, 0.6) is 5.88 Å². The third kappa shape index (κ3) is 3.48. The van der Waals surface area contributed by atoms with Crippen LogP contribution in [0.15, 0.2) is 66.9 Å². The van der Waals surface area contributed by atoms with Crippen molar-refractivity contribution >= 4 is 16.7 Å². The van der Waals surface area contributed by atoms with Crippen molar-refractivity contribution in [2.45, 2.75) is 18.9 Å². The molecule has 3 aromatic rings. The summed E-state index contributed by atoms with van der Waals surface area (Å²) < 4.78 is 5.87. The van der Waals surface area contributed by atoms with Crippen molar-refractivity contribution in [1.29, 1.82) is 0 Å². The molecule has 25 heavy (non-hydrogen) atoms. The quantitative estimate of drug-likeness (QED) is 0.735. The first-order valence-corrected chi connectivity index (χ1v) is 8.62. The van der Waals surface area contributed by atoms with Gasteiger partial charge in [0.05, 0.1) is 13.0 Å². The highest BCUT2D eigenvalue weighted by atomic mass is 16.5. The van der Waals surface area contributed by atoms with Crippen LogP contribution in [0, 0.1) is 0 Å². The number of rotatable bonds is 4. The maximum absolute atomic E-state index is 12.7. The van der Waals surface area contributed by atoms with E-state index < -0.39 is 0 Å². The number of benzene rings is 2. The molecule has 0 bridgehead atoms. The van der Waals surface area contributed by atoms with E-state index in [1.807, 2.05) is 47.4 Å². The molecule has 1 aliphatic heterocycles. The van der Waals surface area contributed by atoms with E-state index in [0.29, 0.717) is 18.8 Å². The Morgan fingerprint density at radius 3 is 2.80 bits per heavy atom. The number of fused-ring (bicyclic) bond motifs is 1. The minimum absolute atomic E-state index is 0.0198. The lowest BCUT2D eigenvalue weighted by atomic mass is 10.0. The summed E-state index contributed by atoms with van der Waals surface area (Å²) in [6.07, 6.45) is 3.01. The molecule has 0 N–H and O–H groups in total. The lowest BCUT2D eigenvalue weighted by Crippen LogP contribution is -2.32. The minimum atomic E-state index is 0.0198. The molecule has 4 heteroatoms. The smallest absolute Gasteiger partial charge is 0.227 e. The third-order valence-corrected chi connectivity index (χ3v) is 4.64. The van der Waals surface area contributed by atoms with Gasteiger partial charge in [-0.25, -0.2) is 4.98 Å². The van der Waals surface area contributed by atoms with Crippen LogP contribution in [0.3, 0.4) is 0 Å². The summed E-state index contributed by atoms with van der Waals surface area (Å²) >= 11 is 0. The van der Waals surface area contributed by atoms with Crippen molar-refractivity contribution in [2.75, 3.05) is 13.1 Å². The summed E-state index contributed by atoms with van der Waals surface area (Å²) in [7, 11) is 0. The zero-order chi connectivity index (χ0) is 17.1. The second-order valence-electron chi connectivity index (χ2n) is 6.35. The normalized spacial score (nSPS) is 17.0. The molecule has 1 amide bonds. The van der Waals surface area contributed by atoms with E-state index in [1.165, 1.54) is 5.39 Å². The van der Waals surface area contributed by atoms with Crippen molar-refractivity contribution in [2.24, 2.45) is 0 Å². The first kappa shape index (κ1) is 15.6. The SMILES string of the molecule is O=C(Cc1cccc2ccccc12)N1CCC(Oc2ccccn2)C1. The maximum Gasteiger partial charge on any atom is 0.227 e. The van der Waals surface area contributed by atoms with Crippen LogP contribution in [-0.2, 0) is 11.2 Å². The number of nitrogens with zero attached hydrogens (tertiary/aromatic N) is 2. The number of likely N-dealkylation sites (tertiary alicyclic amines) is 1. The maximum atomic E-state index is 12.7. The molecule has 1 saturated heterocycles. The van der Waals surface area contributed by atoms with E-state index in [-0.39, 0.29) is 12.0 Å². The zero-order valence-electron chi connectivity index (χ0n) is 14.0. The molecule has 0 radical (unpaired) electrons. The Morgan fingerprint density at radius 1 is 1.08 bits per heavy atom. The summed E-state index contributed by atoms with van der Waals surface area (Å²) in [6.45, 7) is 1.36.